The second-order valence-corrected chi connectivity index (χ2v) is 4.72. The molecule has 0 fully saturated rings. The quantitative estimate of drug-likeness (QED) is 0.662. The number of thiocarbonyl (C=S) groups is 1. The van der Waals surface area contributed by atoms with E-state index in [1.54, 1.807) is 6.92 Å². The highest BCUT2D eigenvalue weighted by atomic mass is 35.5. The molecule has 3 N–H and O–H groups in total. The van der Waals surface area contributed by atoms with Crippen molar-refractivity contribution in [3.63, 3.8) is 0 Å². The van der Waals surface area contributed by atoms with Crippen LogP contribution in [0.5, 0.6) is 0 Å². The average molecular weight is 293 g/mol. The van der Waals surface area contributed by atoms with Crippen molar-refractivity contribution in [2.75, 3.05) is 0 Å². The standard InChI is InChI=1S/C11H11ClF2N2OS/c1-5(2-10(15)18)16-11(17)6-3-9(14)7(12)4-8(6)13/h3-5H,2H2,1H3,(H2,15,18)(H,16,17). The van der Waals surface area contributed by atoms with Crippen molar-refractivity contribution in [3.8, 4) is 0 Å². The lowest BCUT2D eigenvalue weighted by atomic mass is 10.1. The van der Waals surface area contributed by atoms with Crippen LogP contribution >= 0.6 is 23.8 Å². The van der Waals surface area contributed by atoms with Gasteiger partial charge in [0.05, 0.1) is 15.6 Å². The zero-order chi connectivity index (χ0) is 13.9. The summed E-state index contributed by atoms with van der Waals surface area (Å²) in [6.45, 7) is 1.65. The normalized spacial score (nSPS) is 12.0. The van der Waals surface area contributed by atoms with Crippen LogP contribution in [0.25, 0.3) is 0 Å². The molecule has 0 saturated heterocycles. The molecule has 0 aliphatic heterocycles. The van der Waals surface area contributed by atoms with Crippen molar-refractivity contribution >= 4 is 34.7 Å². The zero-order valence-corrected chi connectivity index (χ0v) is 11.0. The van der Waals surface area contributed by atoms with Crippen LogP contribution in [0.1, 0.15) is 23.7 Å². The molecule has 1 aromatic carbocycles. The maximum Gasteiger partial charge on any atom is 0.254 e. The Morgan fingerprint density at radius 2 is 2.11 bits per heavy atom. The number of nitrogens with one attached hydrogen (secondary N) is 1. The van der Waals surface area contributed by atoms with Crippen LogP contribution in [-0.2, 0) is 0 Å². The maximum absolute atomic E-state index is 13.4. The van der Waals surface area contributed by atoms with Gasteiger partial charge in [-0.15, -0.1) is 0 Å². The molecule has 0 bridgehead atoms. The fraction of sp³-hybridized carbons (Fsp3) is 0.273. The first-order valence-corrected chi connectivity index (χ1v) is 5.83. The molecule has 1 unspecified atom stereocenters. The first-order valence-electron chi connectivity index (χ1n) is 5.05. The average Bonchev–Trinajstić information content (AvgIpc) is 2.21. The number of hydrogen-bond acceptors (Lipinski definition) is 2. The summed E-state index contributed by atoms with van der Waals surface area (Å²) >= 11 is 10.1. The molecule has 0 heterocycles. The fourth-order valence-electron chi connectivity index (χ4n) is 1.35. The maximum atomic E-state index is 13.4. The van der Waals surface area contributed by atoms with Crippen molar-refractivity contribution in [3.05, 3.63) is 34.4 Å². The lowest BCUT2D eigenvalue weighted by Crippen LogP contribution is -2.35. The third-order valence-corrected chi connectivity index (χ3v) is 2.60. The van der Waals surface area contributed by atoms with Gasteiger partial charge in [0, 0.05) is 12.5 Å². The Bertz CT molecular complexity index is 496. The van der Waals surface area contributed by atoms with Gasteiger partial charge in [-0.25, -0.2) is 8.78 Å². The Hall–Kier alpha value is -1.27. The third kappa shape index (κ3) is 3.89. The van der Waals surface area contributed by atoms with E-state index in [9.17, 15) is 13.6 Å². The Balaban J connectivity index is 2.85. The molecule has 1 atom stereocenters. The summed E-state index contributed by atoms with van der Waals surface area (Å²) in [5.41, 5.74) is 4.90. The van der Waals surface area contributed by atoms with E-state index in [0.717, 1.165) is 12.1 Å². The molecule has 0 spiro atoms. The SMILES string of the molecule is CC(CC(N)=S)NC(=O)c1cc(F)c(Cl)cc1F. The molecule has 98 valence electrons. The van der Waals surface area contributed by atoms with Crippen molar-refractivity contribution in [2.45, 2.75) is 19.4 Å². The second kappa shape index (κ2) is 6.06. The second-order valence-electron chi connectivity index (χ2n) is 3.79. The van der Waals surface area contributed by atoms with E-state index in [-0.39, 0.29) is 22.5 Å². The van der Waals surface area contributed by atoms with Crippen molar-refractivity contribution in [2.24, 2.45) is 5.73 Å². The van der Waals surface area contributed by atoms with Crippen LogP contribution < -0.4 is 11.1 Å². The van der Waals surface area contributed by atoms with Gasteiger partial charge in [0.1, 0.15) is 11.6 Å². The molecule has 1 amide bonds. The Labute approximate surface area is 113 Å². The topological polar surface area (TPSA) is 55.1 Å². The van der Waals surface area contributed by atoms with Gasteiger partial charge in [-0.05, 0) is 19.1 Å². The summed E-state index contributed by atoms with van der Waals surface area (Å²) in [4.78, 5) is 11.9. The van der Waals surface area contributed by atoms with E-state index in [0.29, 0.717) is 0 Å². The summed E-state index contributed by atoms with van der Waals surface area (Å²) < 4.78 is 26.6. The predicted octanol–water partition coefficient (Wildman–Crippen LogP) is 2.41. The minimum Gasteiger partial charge on any atom is -0.393 e. The van der Waals surface area contributed by atoms with E-state index in [4.69, 9.17) is 17.3 Å². The fourth-order valence-corrected chi connectivity index (χ4v) is 1.75. The number of carbonyl (C=O) groups excluding carboxylic acids is 1. The number of benzene rings is 1. The smallest absolute Gasteiger partial charge is 0.254 e. The molecule has 0 saturated carbocycles. The first kappa shape index (κ1) is 14.8. The minimum atomic E-state index is -0.888. The lowest BCUT2D eigenvalue weighted by Gasteiger charge is -2.13. The Morgan fingerprint density at radius 1 is 1.50 bits per heavy atom. The monoisotopic (exact) mass is 292 g/mol. The molecule has 3 nitrogen and oxygen atoms in total. The van der Waals surface area contributed by atoms with E-state index in [1.807, 2.05) is 0 Å². The van der Waals surface area contributed by atoms with Gasteiger partial charge in [-0.1, -0.05) is 23.8 Å². The van der Waals surface area contributed by atoms with Gasteiger partial charge in [-0.3, -0.25) is 4.79 Å². The molecular formula is C11H11ClF2N2OS. The molecule has 0 aromatic heterocycles. The molecule has 1 rings (SSSR count). The molecule has 1 aromatic rings. The summed E-state index contributed by atoms with van der Waals surface area (Å²) in [6.07, 6.45) is 0.277. The minimum absolute atomic E-state index is 0.227. The van der Waals surface area contributed by atoms with E-state index in [1.165, 1.54) is 0 Å². The van der Waals surface area contributed by atoms with Crippen molar-refractivity contribution < 1.29 is 13.6 Å². The molecule has 18 heavy (non-hydrogen) atoms. The molecular weight excluding hydrogens is 282 g/mol. The molecule has 7 heteroatoms. The largest absolute Gasteiger partial charge is 0.393 e. The van der Waals surface area contributed by atoms with Gasteiger partial charge in [0.2, 0.25) is 0 Å². The third-order valence-electron chi connectivity index (χ3n) is 2.14. The van der Waals surface area contributed by atoms with Crippen LogP contribution in [0.15, 0.2) is 12.1 Å². The highest BCUT2D eigenvalue weighted by Crippen LogP contribution is 2.19. The number of nitrogens with two attached hydrogens (primary N) is 1. The highest BCUT2D eigenvalue weighted by Gasteiger charge is 2.17. The van der Waals surface area contributed by atoms with E-state index >= 15 is 0 Å². The van der Waals surface area contributed by atoms with Crippen LogP contribution in [0.3, 0.4) is 0 Å². The number of halogens is 3. The lowest BCUT2D eigenvalue weighted by molar-refractivity contribution is 0.0937. The van der Waals surface area contributed by atoms with Gasteiger partial charge in [0.25, 0.3) is 5.91 Å². The zero-order valence-electron chi connectivity index (χ0n) is 9.47. The summed E-state index contributed by atoms with van der Waals surface area (Å²) in [7, 11) is 0. The van der Waals surface area contributed by atoms with Crippen molar-refractivity contribution in [1.82, 2.24) is 5.32 Å². The first-order chi connectivity index (χ1) is 8.31. The summed E-state index contributed by atoms with van der Waals surface area (Å²) in [5.74, 6) is -2.49. The molecule has 0 aliphatic carbocycles. The molecule has 0 radical (unpaired) electrons. The van der Waals surface area contributed by atoms with Crippen molar-refractivity contribution in [1.29, 1.82) is 0 Å². The van der Waals surface area contributed by atoms with Gasteiger partial charge in [-0.2, -0.15) is 0 Å². The predicted molar refractivity (Wildman–Crippen MR) is 69.7 cm³/mol. The Morgan fingerprint density at radius 3 is 2.67 bits per heavy atom. The van der Waals surface area contributed by atoms with Crippen LogP contribution in [0, 0.1) is 11.6 Å². The van der Waals surface area contributed by atoms with Crippen LogP contribution in [0.2, 0.25) is 5.02 Å². The Kier molecular flexibility index (Phi) is 4.98. The number of hydrogen-bond donors (Lipinski definition) is 2. The van der Waals surface area contributed by atoms with E-state index in [2.05, 4.69) is 17.5 Å². The highest BCUT2D eigenvalue weighted by molar-refractivity contribution is 7.80. The van der Waals surface area contributed by atoms with Crippen LogP contribution in [0.4, 0.5) is 8.78 Å². The number of rotatable bonds is 4. The summed E-state index contributed by atoms with van der Waals surface area (Å²) in [6, 6.07) is 1.14. The van der Waals surface area contributed by atoms with Gasteiger partial charge >= 0.3 is 0 Å². The van der Waals surface area contributed by atoms with Gasteiger partial charge in [0.15, 0.2) is 0 Å². The molecule has 0 aliphatic rings. The van der Waals surface area contributed by atoms with Gasteiger partial charge < -0.3 is 11.1 Å². The number of amides is 1. The summed E-state index contributed by atoms with van der Waals surface area (Å²) in [5, 5.41) is 2.08. The number of carbonyl (C=O) groups is 1. The van der Waals surface area contributed by atoms with E-state index < -0.39 is 23.1 Å². The van der Waals surface area contributed by atoms with Crippen LogP contribution in [-0.4, -0.2) is 16.9 Å².